The molecule has 0 aliphatic carbocycles. The Morgan fingerprint density at radius 1 is 1.14 bits per heavy atom. The SMILES string of the molecule is CC1CN(C[B-](F)(F)F)CC(C)N1C. The van der Waals surface area contributed by atoms with E-state index in [1.54, 1.807) is 0 Å². The largest absolute Gasteiger partial charge is 0.492 e. The predicted molar refractivity (Wildman–Crippen MR) is 52.2 cm³/mol. The number of halogens is 3. The van der Waals surface area contributed by atoms with Crippen LogP contribution in [0.3, 0.4) is 0 Å². The van der Waals surface area contributed by atoms with Crippen molar-refractivity contribution in [3.05, 3.63) is 0 Å². The number of likely N-dealkylation sites (N-methyl/N-ethyl adjacent to an activating group) is 1. The second kappa shape index (κ2) is 4.10. The molecule has 2 atom stereocenters. The first-order valence-electron chi connectivity index (χ1n) is 4.95. The van der Waals surface area contributed by atoms with Crippen molar-refractivity contribution in [2.45, 2.75) is 25.9 Å². The topological polar surface area (TPSA) is 6.48 Å². The van der Waals surface area contributed by atoms with Gasteiger partial charge in [0.1, 0.15) is 0 Å². The highest BCUT2D eigenvalue weighted by atomic mass is 19.4. The van der Waals surface area contributed by atoms with Crippen LogP contribution in [0.1, 0.15) is 13.8 Å². The number of piperazine rings is 1. The van der Waals surface area contributed by atoms with Crippen molar-refractivity contribution in [2.24, 2.45) is 0 Å². The van der Waals surface area contributed by atoms with E-state index in [-0.39, 0.29) is 12.1 Å². The molecule has 14 heavy (non-hydrogen) atoms. The van der Waals surface area contributed by atoms with Crippen molar-refractivity contribution < 1.29 is 12.9 Å². The van der Waals surface area contributed by atoms with Gasteiger partial charge in [-0.3, -0.25) is 4.90 Å². The van der Waals surface area contributed by atoms with E-state index in [4.69, 9.17) is 0 Å². The maximum absolute atomic E-state index is 12.2. The molecule has 1 aliphatic heterocycles. The van der Waals surface area contributed by atoms with Gasteiger partial charge >= 0.3 is 6.98 Å². The highest BCUT2D eigenvalue weighted by Crippen LogP contribution is 2.17. The van der Waals surface area contributed by atoms with Gasteiger partial charge in [-0.15, -0.1) is 0 Å². The molecule has 1 aliphatic rings. The standard InChI is InChI=1S/C8H17BF3N2/c1-7-4-14(6-9(10,11)12)5-8(2)13(7)3/h7-8H,4-6H2,1-3H3/q-1. The fourth-order valence-electron chi connectivity index (χ4n) is 1.96. The average Bonchev–Trinajstić information content (AvgIpc) is 1.96. The molecule has 0 aromatic carbocycles. The third kappa shape index (κ3) is 3.17. The maximum atomic E-state index is 12.2. The van der Waals surface area contributed by atoms with Crippen molar-refractivity contribution in [1.29, 1.82) is 0 Å². The number of nitrogens with zero attached hydrogens (tertiary/aromatic N) is 2. The van der Waals surface area contributed by atoms with Crippen LogP contribution in [0, 0.1) is 0 Å². The van der Waals surface area contributed by atoms with Gasteiger partial charge in [0, 0.05) is 25.2 Å². The molecule has 0 spiro atoms. The zero-order chi connectivity index (χ0) is 10.9. The molecule has 1 saturated heterocycles. The minimum atomic E-state index is -4.68. The Morgan fingerprint density at radius 3 is 1.93 bits per heavy atom. The molecule has 0 aromatic rings. The van der Waals surface area contributed by atoms with Crippen molar-refractivity contribution in [3.8, 4) is 0 Å². The Balaban J connectivity index is 2.50. The summed E-state index contributed by atoms with van der Waals surface area (Å²) in [5, 5.41) is 0. The lowest BCUT2D eigenvalue weighted by Crippen LogP contribution is -2.57. The molecule has 0 bridgehead atoms. The minimum absolute atomic E-state index is 0.205. The van der Waals surface area contributed by atoms with Gasteiger partial charge in [0.15, 0.2) is 0 Å². The molecule has 2 nitrogen and oxygen atoms in total. The number of rotatable bonds is 2. The summed E-state index contributed by atoms with van der Waals surface area (Å²) in [6.07, 6.45) is -0.720. The predicted octanol–water partition coefficient (Wildman–Crippen LogP) is 1.40. The molecular formula is C8H17BF3N2-. The van der Waals surface area contributed by atoms with Crippen LogP contribution in [0.15, 0.2) is 0 Å². The Bertz CT molecular complexity index is 186. The molecule has 0 radical (unpaired) electrons. The summed E-state index contributed by atoms with van der Waals surface area (Å²) in [5.74, 6) is 0. The van der Waals surface area contributed by atoms with E-state index >= 15 is 0 Å². The summed E-state index contributed by atoms with van der Waals surface area (Å²) in [4.78, 5) is 3.63. The smallest absolute Gasteiger partial charge is 0.448 e. The lowest BCUT2D eigenvalue weighted by Gasteiger charge is -2.44. The van der Waals surface area contributed by atoms with E-state index < -0.39 is 13.4 Å². The quantitative estimate of drug-likeness (QED) is 0.634. The molecule has 0 saturated carbocycles. The van der Waals surface area contributed by atoms with Gasteiger partial charge in [-0.25, -0.2) is 0 Å². The first-order chi connectivity index (χ1) is 6.29. The summed E-state index contributed by atoms with van der Waals surface area (Å²) < 4.78 is 36.6. The second-order valence-electron chi connectivity index (χ2n) is 4.29. The minimum Gasteiger partial charge on any atom is -0.448 e. The summed E-state index contributed by atoms with van der Waals surface area (Å²) in [5.41, 5.74) is 0. The first kappa shape index (κ1) is 11.8. The molecule has 6 heteroatoms. The van der Waals surface area contributed by atoms with Gasteiger partial charge < -0.3 is 17.8 Å². The van der Waals surface area contributed by atoms with Crippen molar-refractivity contribution in [3.63, 3.8) is 0 Å². The Hall–Kier alpha value is -0.225. The van der Waals surface area contributed by atoms with Crippen LogP contribution < -0.4 is 0 Å². The van der Waals surface area contributed by atoms with E-state index in [2.05, 4.69) is 4.90 Å². The van der Waals surface area contributed by atoms with Crippen LogP contribution in [0.2, 0.25) is 0 Å². The summed E-state index contributed by atoms with van der Waals surface area (Å²) in [6, 6.07) is 0.411. The van der Waals surface area contributed by atoms with E-state index in [1.807, 2.05) is 20.9 Å². The second-order valence-corrected chi connectivity index (χ2v) is 4.29. The van der Waals surface area contributed by atoms with Gasteiger partial charge in [0.25, 0.3) is 0 Å². The molecule has 0 N–H and O–H groups in total. The summed E-state index contributed by atoms with van der Waals surface area (Å²) in [6.45, 7) is 0.282. The molecule has 2 unspecified atom stereocenters. The third-order valence-corrected chi connectivity index (χ3v) is 2.90. The van der Waals surface area contributed by atoms with Crippen LogP contribution in [0.4, 0.5) is 12.9 Å². The molecule has 1 heterocycles. The molecule has 0 aromatic heterocycles. The van der Waals surface area contributed by atoms with Gasteiger partial charge in [0.05, 0.1) is 0 Å². The highest BCUT2D eigenvalue weighted by Gasteiger charge is 2.32. The average molecular weight is 209 g/mol. The van der Waals surface area contributed by atoms with E-state index in [9.17, 15) is 12.9 Å². The van der Waals surface area contributed by atoms with Crippen molar-refractivity contribution in [1.82, 2.24) is 9.80 Å². The van der Waals surface area contributed by atoms with Gasteiger partial charge in [-0.2, -0.15) is 0 Å². The molecule has 1 fully saturated rings. The Kier molecular flexibility index (Phi) is 3.47. The molecule has 1 rings (SSSR count). The van der Waals surface area contributed by atoms with Crippen LogP contribution in [-0.2, 0) is 0 Å². The van der Waals surface area contributed by atoms with Gasteiger partial charge in [-0.05, 0) is 27.3 Å². The first-order valence-corrected chi connectivity index (χ1v) is 4.95. The van der Waals surface area contributed by atoms with Gasteiger partial charge in [0.2, 0.25) is 0 Å². The fraction of sp³-hybridized carbons (Fsp3) is 1.00. The van der Waals surface area contributed by atoms with Crippen LogP contribution in [-0.4, -0.2) is 55.4 Å². The Morgan fingerprint density at radius 2 is 1.57 bits per heavy atom. The number of hydrogen-bond donors (Lipinski definition) is 0. The third-order valence-electron chi connectivity index (χ3n) is 2.90. The lowest BCUT2D eigenvalue weighted by molar-refractivity contribution is 0.0656. The van der Waals surface area contributed by atoms with Crippen molar-refractivity contribution in [2.75, 3.05) is 26.6 Å². The zero-order valence-corrected chi connectivity index (χ0v) is 8.88. The fourth-order valence-corrected chi connectivity index (χ4v) is 1.96. The summed E-state index contributed by atoms with van der Waals surface area (Å²) in [7, 11) is 1.96. The Labute approximate surface area is 83.1 Å². The lowest BCUT2D eigenvalue weighted by atomic mass is 9.90. The number of hydrogen-bond acceptors (Lipinski definition) is 2. The molecule has 84 valence electrons. The van der Waals surface area contributed by atoms with E-state index in [0.29, 0.717) is 13.1 Å². The molecule has 0 amide bonds. The van der Waals surface area contributed by atoms with Crippen molar-refractivity contribution >= 4 is 6.98 Å². The van der Waals surface area contributed by atoms with Gasteiger partial charge in [-0.1, -0.05) is 0 Å². The summed E-state index contributed by atoms with van der Waals surface area (Å²) >= 11 is 0. The maximum Gasteiger partial charge on any atom is 0.492 e. The van der Waals surface area contributed by atoms with E-state index in [1.165, 1.54) is 4.90 Å². The highest BCUT2D eigenvalue weighted by molar-refractivity contribution is 6.58. The molecular weight excluding hydrogens is 192 g/mol. The van der Waals surface area contributed by atoms with E-state index in [0.717, 1.165) is 0 Å². The monoisotopic (exact) mass is 209 g/mol. The zero-order valence-electron chi connectivity index (χ0n) is 8.88. The van der Waals surface area contributed by atoms with Crippen LogP contribution in [0.5, 0.6) is 0 Å². The van der Waals surface area contributed by atoms with Crippen LogP contribution >= 0.6 is 0 Å². The van der Waals surface area contributed by atoms with Crippen LogP contribution in [0.25, 0.3) is 0 Å². The normalized spacial score (nSPS) is 32.1.